The molecule has 0 bridgehead atoms. The molecule has 1 aromatic carbocycles. The molecule has 1 saturated heterocycles. The average molecular weight is 356 g/mol. The van der Waals surface area contributed by atoms with Gasteiger partial charge in [-0.15, -0.1) is 0 Å². The molecule has 7 heteroatoms. The zero-order valence-corrected chi connectivity index (χ0v) is 15.0. The number of benzene rings is 1. The number of hydrogen-bond donors (Lipinski definition) is 3. The van der Waals surface area contributed by atoms with Crippen molar-refractivity contribution < 1.29 is 13.5 Å². The number of likely N-dealkylation sites (tertiary alicyclic amines) is 1. The van der Waals surface area contributed by atoms with E-state index in [0.717, 1.165) is 18.5 Å². The van der Waals surface area contributed by atoms with E-state index in [2.05, 4.69) is 9.62 Å². The van der Waals surface area contributed by atoms with Crippen LogP contribution in [-0.2, 0) is 10.2 Å². The predicted octanol–water partition coefficient (Wildman–Crippen LogP) is 2.38. The maximum Gasteiger partial charge on any atom is 0.296 e. The molecule has 1 unspecified atom stereocenters. The first-order chi connectivity index (χ1) is 11.4. The summed E-state index contributed by atoms with van der Waals surface area (Å²) in [6.45, 7) is 3.37. The second-order valence-corrected chi connectivity index (χ2v) is 7.83. The van der Waals surface area contributed by atoms with Crippen molar-refractivity contribution in [3.8, 4) is 0 Å². The van der Waals surface area contributed by atoms with Gasteiger partial charge < -0.3 is 10.0 Å². The van der Waals surface area contributed by atoms with E-state index >= 15 is 0 Å². The van der Waals surface area contributed by atoms with Crippen LogP contribution in [-0.4, -0.2) is 38.1 Å². The fourth-order valence-electron chi connectivity index (χ4n) is 3.15. The molecule has 2 rings (SSSR count). The third-order valence-corrected chi connectivity index (χ3v) is 4.98. The molecule has 0 aromatic heterocycles. The first kappa shape index (κ1) is 19.2. The fraction of sp³-hybridized carbons (Fsp3) is 0.647. The summed E-state index contributed by atoms with van der Waals surface area (Å²) in [7, 11) is -3.76. The molecule has 1 fully saturated rings. The molecule has 0 aliphatic carbocycles. The van der Waals surface area contributed by atoms with Gasteiger partial charge in [-0.25, -0.2) is 5.14 Å². The van der Waals surface area contributed by atoms with Crippen LogP contribution in [0.25, 0.3) is 0 Å². The average Bonchev–Trinajstić information content (AvgIpc) is 2.48. The van der Waals surface area contributed by atoms with Crippen LogP contribution >= 0.6 is 0 Å². The summed E-state index contributed by atoms with van der Waals surface area (Å²) >= 11 is 0. The second-order valence-electron chi connectivity index (χ2n) is 6.54. The standard InChI is InChI=1S/C17H29N3O3S/c18-24(22,23)19-16-10-8-15(9-11-16)17(21)7-6-14-20-12-4-2-1-3-5-13-20/h8-11,17,19,21H,1-7,12-14H2,(H2,18,22,23). The highest BCUT2D eigenvalue weighted by Gasteiger charge is 2.11. The van der Waals surface area contributed by atoms with E-state index in [1.807, 2.05) is 0 Å². The van der Waals surface area contributed by atoms with Crippen molar-refractivity contribution in [1.82, 2.24) is 4.90 Å². The Labute approximate surface area is 145 Å². The molecule has 0 amide bonds. The Balaban J connectivity index is 1.76. The van der Waals surface area contributed by atoms with E-state index in [9.17, 15) is 13.5 Å². The summed E-state index contributed by atoms with van der Waals surface area (Å²) in [6.07, 6.45) is 7.72. The van der Waals surface area contributed by atoms with E-state index in [1.54, 1.807) is 24.3 Å². The van der Waals surface area contributed by atoms with Crippen molar-refractivity contribution in [1.29, 1.82) is 0 Å². The highest BCUT2D eigenvalue weighted by molar-refractivity contribution is 7.90. The minimum atomic E-state index is -3.76. The smallest absolute Gasteiger partial charge is 0.296 e. The van der Waals surface area contributed by atoms with Crippen molar-refractivity contribution in [3.63, 3.8) is 0 Å². The van der Waals surface area contributed by atoms with Crippen molar-refractivity contribution in [2.24, 2.45) is 5.14 Å². The Morgan fingerprint density at radius 1 is 1.08 bits per heavy atom. The van der Waals surface area contributed by atoms with E-state index in [0.29, 0.717) is 12.1 Å². The highest BCUT2D eigenvalue weighted by atomic mass is 32.2. The lowest BCUT2D eigenvalue weighted by Gasteiger charge is -2.24. The Morgan fingerprint density at radius 2 is 1.67 bits per heavy atom. The molecule has 0 saturated carbocycles. The van der Waals surface area contributed by atoms with Gasteiger partial charge >= 0.3 is 0 Å². The highest BCUT2D eigenvalue weighted by Crippen LogP contribution is 2.21. The molecule has 24 heavy (non-hydrogen) atoms. The third kappa shape index (κ3) is 7.17. The predicted molar refractivity (Wildman–Crippen MR) is 96.9 cm³/mol. The van der Waals surface area contributed by atoms with Gasteiger partial charge in [-0.1, -0.05) is 31.4 Å². The lowest BCUT2D eigenvalue weighted by molar-refractivity contribution is 0.153. The minimum absolute atomic E-state index is 0.397. The molecular formula is C17H29N3O3S. The van der Waals surface area contributed by atoms with E-state index in [1.165, 1.54) is 45.2 Å². The third-order valence-electron chi connectivity index (χ3n) is 4.46. The lowest BCUT2D eigenvalue weighted by Crippen LogP contribution is -2.28. The first-order valence-electron chi connectivity index (χ1n) is 8.75. The van der Waals surface area contributed by atoms with Gasteiger partial charge in [0.15, 0.2) is 0 Å². The molecule has 1 heterocycles. The number of anilines is 1. The van der Waals surface area contributed by atoms with Crippen LogP contribution in [0.4, 0.5) is 5.69 Å². The molecule has 1 aliphatic heterocycles. The Bertz CT molecular complexity index is 582. The number of hydrogen-bond acceptors (Lipinski definition) is 4. The summed E-state index contributed by atoms with van der Waals surface area (Å²) in [6, 6.07) is 6.69. The van der Waals surface area contributed by atoms with Gasteiger partial charge in [0.1, 0.15) is 0 Å². The Morgan fingerprint density at radius 3 is 2.25 bits per heavy atom. The lowest BCUT2D eigenvalue weighted by atomic mass is 10.0. The number of aliphatic hydroxyl groups excluding tert-OH is 1. The first-order valence-corrected chi connectivity index (χ1v) is 10.3. The number of nitrogens with one attached hydrogen (secondary N) is 1. The summed E-state index contributed by atoms with van der Waals surface area (Å²) in [5.41, 5.74) is 1.19. The molecule has 0 radical (unpaired) electrons. The van der Waals surface area contributed by atoms with E-state index < -0.39 is 16.3 Å². The molecule has 1 aliphatic rings. The monoisotopic (exact) mass is 355 g/mol. The topological polar surface area (TPSA) is 95.7 Å². The molecular weight excluding hydrogens is 326 g/mol. The van der Waals surface area contributed by atoms with Crippen LogP contribution < -0.4 is 9.86 Å². The largest absolute Gasteiger partial charge is 0.388 e. The van der Waals surface area contributed by atoms with Gasteiger partial charge in [0, 0.05) is 5.69 Å². The normalized spacial score (nSPS) is 18.6. The van der Waals surface area contributed by atoms with Gasteiger partial charge in [-0.2, -0.15) is 8.42 Å². The van der Waals surface area contributed by atoms with Crippen LogP contribution in [0.3, 0.4) is 0 Å². The molecule has 1 atom stereocenters. The number of nitrogens with two attached hydrogens (primary N) is 1. The van der Waals surface area contributed by atoms with Gasteiger partial charge in [0.25, 0.3) is 10.2 Å². The maximum atomic E-state index is 11.0. The SMILES string of the molecule is NS(=O)(=O)Nc1ccc(C(O)CCCN2CCCCCCC2)cc1. The van der Waals surface area contributed by atoms with Gasteiger partial charge in [-0.05, 0) is 63.0 Å². The second kappa shape index (κ2) is 9.36. The van der Waals surface area contributed by atoms with E-state index in [-0.39, 0.29) is 0 Å². The van der Waals surface area contributed by atoms with Crippen LogP contribution in [0.2, 0.25) is 0 Å². The summed E-state index contributed by atoms with van der Waals surface area (Å²) in [4.78, 5) is 2.50. The molecule has 4 N–H and O–H groups in total. The van der Waals surface area contributed by atoms with E-state index in [4.69, 9.17) is 5.14 Å². The zero-order chi connectivity index (χ0) is 17.4. The van der Waals surface area contributed by atoms with Crippen LogP contribution in [0.5, 0.6) is 0 Å². The summed E-state index contributed by atoms with van der Waals surface area (Å²) in [5, 5.41) is 15.2. The summed E-state index contributed by atoms with van der Waals surface area (Å²) < 4.78 is 24.1. The van der Waals surface area contributed by atoms with Crippen LogP contribution in [0, 0.1) is 0 Å². The molecule has 6 nitrogen and oxygen atoms in total. The van der Waals surface area contributed by atoms with Crippen molar-refractivity contribution in [2.45, 2.75) is 51.0 Å². The van der Waals surface area contributed by atoms with Crippen LogP contribution in [0.1, 0.15) is 56.6 Å². The minimum Gasteiger partial charge on any atom is -0.388 e. The van der Waals surface area contributed by atoms with Gasteiger partial charge in [0.2, 0.25) is 0 Å². The number of rotatable bonds is 7. The molecule has 136 valence electrons. The zero-order valence-electron chi connectivity index (χ0n) is 14.2. The Hall–Kier alpha value is -1.15. The van der Waals surface area contributed by atoms with Crippen LogP contribution in [0.15, 0.2) is 24.3 Å². The van der Waals surface area contributed by atoms with Gasteiger partial charge in [0.05, 0.1) is 6.10 Å². The van der Waals surface area contributed by atoms with Gasteiger partial charge in [-0.3, -0.25) is 4.72 Å². The fourth-order valence-corrected chi connectivity index (χ4v) is 3.61. The van der Waals surface area contributed by atoms with Crippen molar-refractivity contribution in [2.75, 3.05) is 24.4 Å². The summed E-state index contributed by atoms with van der Waals surface area (Å²) in [5.74, 6) is 0. The van der Waals surface area contributed by atoms with Crippen molar-refractivity contribution in [3.05, 3.63) is 29.8 Å². The Kier molecular flexibility index (Phi) is 7.48. The maximum absolute atomic E-state index is 11.0. The van der Waals surface area contributed by atoms with Crippen molar-refractivity contribution >= 4 is 15.9 Å². The molecule has 0 spiro atoms. The number of nitrogens with zero attached hydrogens (tertiary/aromatic N) is 1. The molecule has 1 aromatic rings. The quantitative estimate of drug-likeness (QED) is 0.700. The number of aliphatic hydroxyl groups is 1.